The second-order valence-electron chi connectivity index (χ2n) is 10.0. The molecule has 1 aliphatic rings. The van der Waals surface area contributed by atoms with Crippen molar-refractivity contribution in [3.05, 3.63) is 82.6 Å². The fraction of sp³-hybridized carbons (Fsp3) is 0.379. The summed E-state index contributed by atoms with van der Waals surface area (Å²) in [5, 5.41) is 13.3. The second kappa shape index (κ2) is 14.1. The molecular weight excluding hydrogens is 567 g/mol. The summed E-state index contributed by atoms with van der Waals surface area (Å²) in [6, 6.07) is 14.6. The molecule has 1 atom stereocenters. The summed E-state index contributed by atoms with van der Waals surface area (Å²) in [6.45, 7) is 11.4. The predicted molar refractivity (Wildman–Crippen MR) is 162 cm³/mol. The lowest BCUT2D eigenvalue weighted by Crippen LogP contribution is -2.49. The zero-order valence-electron chi connectivity index (χ0n) is 22.7. The van der Waals surface area contributed by atoms with Crippen LogP contribution in [0.15, 0.2) is 66.3 Å². The molecule has 40 heavy (non-hydrogen) atoms. The number of aromatic nitrogens is 3. The first-order valence-electron chi connectivity index (χ1n) is 13.3. The van der Waals surface area contributed by atoms with Crippen LogP contribution in [0.2, 0.25) is 10.0 Å². The predicted octanol–water partition coefficient (Wildman–Crippen LogP) is 5.73. The molecule has 0 bridgehead atoms. The first-order chi connectivity index (χ1) is 19.3. The van der Waals surface area contributed by atoms with Crippen molar-refractivity contribution in [1.29, 1.82) is 0 Å². The largest absolute Gasteiger partial charge is 0.368 e. The summed E-state index contributed by atoms with van der Waals surface area (Å²) < 4.78 is 1.91. The Hall–Kier alpha value is -3.01. The van der Waals surface area contributed by atoms with E-state index in [0.717, 1.165) is 13.1 Å². The minimum atomic E-state index is -0.414. The number of rotatable bonds is 11. The highest BCUT2D eigenvalue weighted by molar-refractivity contribution is 7.99. The molecule has 0 aliphatic carbocycles. The maximum atomic E-state index is 13.1. The van der Waals surface area contributed by atoms with Gasteiger partial charge in [0.1, 0.15) is 0 Å². The van der Waals surface area contributed by atoms with Gasteiger partial charge in [-0.2, -0.15) is 0 Å². The molecule has 0 saturated carbocycles. The van der Waals surface area contributed by atoms with Crippen LogP contribution in [0.3, 0.4) is 0 Å². The molecule has 1 fully saturated rings. The molecule has 0 unspecified atom stereocenters. The molecule has 0 spiro atoms. The van der Waals surface area contributed by atoms with Gasteiger partial charge in [0.2, 0.25) is 5.91 Å². The average molecular weight is 602 g/mol. The standard InChI is InChI=1S/C29H34Cl2N6O2S/c1-4-12-37-27(25(17-20(2)3)32-28(39)23-11-10-21(30)18-24(23)31)33-34-29(37)40-19-26(38)36-15-13-35(14-16-36)22-8-6-5-7-9-22/h4-11,18,20,25H,1,12-17,19H2,2-3H3,(H,32,39)/t25-/m1/s1. The van der Waals surface area contributed by atoms with E-state index < -0.39 is 6.04 Å². The van der Waals surface area contributed by atoms with Gasteiger partial charge < -0.3 is 19.7 Å². The fourth-order valence-corrected chi connectivity index (χ4v) is 6.00. The van der Waals surface area contributed by atoms with Gasteiger partial charge in [0.05, 0.1) is 22.4 Å². The minimum absolute atomic E-state index is 0.0665. The van der Waals surface area contributed by atoms with E-state index in [4.69, 9.17) is 23.2 Å². The Morgan fingerprint density at radius 2 is 1.80 bits per heavy atom. The van der Waals surface area contributed by atoms with E-state index in [1.807, 2.05) is 27.7 Å². The third-order valence-electron chi connectivity index (χ3n) is 6.64. The van der Waals surface area contributed by atoms with Crippen molar-refractivity contribution in [3.8, 4) is 0 Å². The Labute approximate surface area is 249 Å². The van der Waals surface area contributed by atoms with Gasteiger partial charge in [-0.05, 0) is 42.7 Å². The summed E-state index contributed by atoms with van der Waals surface area (Å²) >= 11 is 13.6. The van der Waals surface area contributed by atoms with Gasteiger partial charge in [0.15, 0.2) is 11.0 Å². The van der Waals surface area contributed by atoms with Gasteiger partial charge in [-0.15, -0.1) is 16.8 Å². The maximum Gasteiger partial charge on any atom is 0.253 e. The second-order valence-corrected chi connectivity index (χ2v) is 11.8. The topological polar surface area (TPSA) is 83.4 Å². The number of halogens is 2. The molecule has 212 valence electrons. The van der Waals surface area contributed by atoms with E-state index in [9.17, 15) is 9.59 Å². The molecule has 1 aromatic heterocycles. The molecular formula is C29H34Cl2N6O2S. The Balaban J connectivity index is 1.43. The van der Waals surface area contributed by atoms with Crippen LogP contribution in [0.1, 0.15) is 42.5 Å². The molecule has 4 rings (SSSR count). The quantitative estimate of drug-likeness (QED) is 0.223. The Morgan fingerprint density at radius 3 is 2.45 bits per heavy atom. The van der Waals surface area contributed by atoms with Crippen molar-refractivity contribution in [2.45, 2.75) is 38.0 Å². The van der Waals surface area contributed by atoms with Crippen molar-refractivity contribution in [2.75, 3.05) is 36.8 Å². The van der Waals surface area contributed by atoms with Crippen LogP contribution in [0, 0.1) is 5.92 Å². The molecule has 1 N–H and O–H groups in total. The third kappa shape index (κ3) is 7.59. The van der Waals surface area contributed by atoms with E-state index in [0.29, 0.717) is 47.6 Å². The van der Waals surface area contributed by atoms with Crippen molar-refractivity contribution in [1.82, 2.24) is 25.0 Å². The van der Waals surface area contributed by atoms with Crippen LogP contribution >= 0.6 is 35.0 Å². The molecule has 2 amide bonds. The highest BCUT2D eigenvalue weighted by Gasteiger charge is 2.27. The smallest absolute Gasteiger partial charge is 0.253 e. The number of nitrogens with zero attached hydrogens (tertiary/aromatic N) is 5. The van der Waals surface area contributed by atoms with Crippen molar-refractivity contribution in [3.63, 3.8) is 0 Å². The van der Waals surface area contributed by atoms with Crippen molar-refractivity contribution >= 4 is 52.5 Å². The molecule has 1 aliphatic heterocycles. The third-order valence-corrected chi connectivity index (χ3v) is 8.13. The van der Waals surface area contributed by atoms with E-state index in [1.165, 1.54) is 17.4 Å². The monoisotopic (exact) mass is 600 g/mol. The summed E-state index contributed by atoms with van der Waals surface area (Å²) in [4.78, 5) is 30.4. The normalized spacial score (nSPS) is 14.3. The van der Waals surface area contributed by atoms with E-state index in [1.54, 1.807) is 24.3 Å². The molecule has 11 heteroatoms. The number of piperazine rings is 1. The number of amides is 2. The number of hydrogen-bond acceptors (Lipinski definition) is 6. The number of carbonyl (C=O) groups is 2. The van der Waals surface area contributed by atoms with E-state index >= 15 is 0 Å². The van der Waals surface area contributed by atoms with Crippen LogP contribution in [0.25, 0.3) is 0 Å². The summed E-state index contributed by atoms with van der Waals surface area (Å²) in [5.41, 5.74) is 1.51. The lowest BCUT2D eigenvalue weighted by molar-refractivity contribution is -0.128. The number of anilines is 1. The van der Waals surface area contributed by atoms with Crippen LogP contribution in [-0.4, -0.2) is 63.4 Å². The van der Waals surface area contributed by atoms with Crippen LogP contribution in [-0.2, 0) is 11.3 Å². The fourth-order valence-electron chi connectivity index (χ4n) is 4.65. The minimum Gasteiger partial charge on any atom is -0.368 e. The number of hydrogen-bond donors (Lipinski definition) is 1. The molecule has 0 radical (unpaired) electrons. The molecule has 2 heterocycles. The Bertz CT molecular complexity index is 1330. The lowest BCUT2D eigenvalue weighted by Gasteiger charge is -2.36. The number of carbonyl (C=O) groups excluding carboxylic acids is 2. The SMILES string of the molecule is C=CCn1c(SCC(=O)N2CCN(c3ccccc3)CC2)nnc1[C@@H](CC(C)C)NC(=O)c1ccc(Cl)cc1Cl. The molecule has 8 nitrogen and oxygen atoms in total. The van der Waals surface area contributed by atoms with Gasteiger partial charge in [-0.1, -0.05) is 73.1 Å². The Kier molecular flexibility index (Phi) is 10.5. The zero-order valence-corrected chi connectivity index (χ0v) is 25.1. The summed E-state index contributed by atoms with van der Waals surface area (Å²) in [5.74, 6) is 0.879. The zero-order chi connectivity index (χ0) is 28.6. The first-order valence-corrected chi connectivity index (χ1v) is 15.0. The number of thioether (sulfide) groups is 1. The van der Waals surface area contributed by atoms with Crippen LogP contribution < -0.4 is 10.2 Å². The van der Waals surface area contributed by atoms with Gasteiger partial charge in [0, 0.05) is 43.4 Å². The van der Waals surface area contributed by atoms with Crippen LogP contribution in [0.5, 0.6) is 0 Å². The number of benzene rings is 2. The molecule has 3 aromatic rings. The van der Waals surface area contributed by atoms with Gasteiger partial charge in [-0.3, -0.25) is 9.59 Å². The average Bonchev–Trinajstić information content (AvgIpc) is 3.34. The highest BCUT2D eigenvalue weighted by Crippen LogP contribution is 2.27. The molecule has 1 saturated heterocycles. The van der Waals surface area contributed by atoms with Crippen molar-refractivity contribution in [2.24, 2.45) is 5.92 Å². The molecule has 2 aromatic carbocycles. The Morgan fingerprint density at radius 1 is 1.07 bits per heavy atom. The number of nitrogens with one attached hydrogen (secondary N) is 1. The van der Waals surface area contributed by atoms with Gasteiger partial charge in [-0.25, -0.2) is 0 Å². The van der Waals surface area contributed by atoms with Gasteiger partial charge >= 0.3 is 0 Å². The van der Waals surface area contributed by atoms with Gasteiger partial charge in [0.25, 0.3) is 5.91 Å². The maximum absolute atomic E-state index is 13.1. The number of allylic oxidation sites excluding steroid dienone is 1. The van der Waals surface area contributed by atoms with E-state index in [-0.39, 0.29) is 28.5 Å². The highest BCUT2D eigenvalue weighted by atomic mass is 35.5. The summed E-state index contributed by atoms with van der Waals surface area (Å²) in [7, 11) is 0. The number of para-hydroxylation sites is 1. The lowest BCUT2D eigenvalue weighted by atomic mass is 10.0. The van der Waals surface area contributed by atoms with Crippen LogP contribution in [0.4, 0.5) is 5.69 Å². The van der Waals surface area contributed by atoms with Crippen molar-refractivity contribution < 1.29 is 9.59 Å². The first kappa shape index (κ1) is 30.0. The summed E-state index contributed by atoms with van der Waals surface area (Å²) in [6.07, 6.45) is 2.40. The van der Waals surface area contributed by atoms with E-state index in [2.05, 4.69) is 53.0 Å².